The average molecular weight is 426 g/mol. The molecule has 0 aromatic heterocycles. The minimum absolute atomic E-state index is 0.248. The Morgan fingerprint density at radius 1 is 1.10 bits per heavy atom. The lowest BCUT2D eigenvalue weighted by molar-refractivity contribution is -0.134. The summed E-state index contributed by atoms with van der Waals surface area (Å²) >= 11 is 0. The monoisotopic (exact) mass is 425 g/mol. The minimum Gasteiger partial charge on any atom is -0.450 e. The normalized spacial score (nSPS) is 15.8. The molecule has 0 N–H and O–H groups in total. The molecule has 2 rings (SSSR count). The van der Waals surface area contributed by atoms with Gasteiger partial charge in [-0.05, 0) is 44.4 Å². The molecule has 2 amide bonds. The molecule has 1 heterocycles. The van der Waals surface area contributed by atoms with Crippen molar-refractivity contribution in [3.05, 3.63) is 29.3 Å². The van der Waals surface area contributed by atoms with E-state index in [2.05, 4.69) is 0 Å². The van der Waals surface area contributed by atoms with Crippen LogP contribution in [0.2, 0.25) is 0 Å². The number of anilines is 1. The highest BCUT2D eigenvalue weighted by Gasteiger charge is 2.36. The molecule has 162 valence electrons. The van der Waals surface area contributed by atoms with E-state index in [1.165, 1.54) is 4.31 Å². The van der Waals surface area contributed by atoms with E-state index in [0.717, 1.165) is 17.4 Å². The van der Waals surface area contributed by atoms with Crippen LogP contribution in [0.4, 0.5) is 10.5 Å². The first-order valence-corrected chi connectivity index (χ1v) is 11.7. The third-order valence-electron chi connectivity index (χ3n) is 5.03. The topological polar surface area (TPSA) is 87.2 Å². The Labute approximate surface area is 173 Å². The number of sulfonamides is 1. The number of hydrogen-bond acceptors (Lipinski definition) is 5. The maximum Gasteiger partial charge on any atom is 0.409 e. The van der Waals surface area contributed by atoms with Crippen molar-refractivity contribution < 1.29 is 22.7 Å². The van der Waals surface area contributed by atoms with Gasteiger partial charge in [-0.15, -0.1) is 0 Å². The van der Waals surface area contributed by atoms with Crippen LogP contribution in [0.25, 0.3) is 0 Å². The lowest BCUT2D eigenvalue weighted by atomic mass is 10.1. The Bertz CT molecular complexity index is 848. The van der Waals surface area contributed by atoms with Gasteiger partial charge in [0.1, 0.15) is 6.04 Å². The van der Waals surface area contributed by atoms with Gasteiger partial charge in [0, 0.05) is 26.2 Å². The number of carbonyl (C=O) groups excluding carboxylic acids is 2. The van der Waals surface area contributed by atoms with Crippen LogP contribution >= 0.6 is 0 Å². The van der Waals surface area contributed by atoms with Crippen LogP contribution in [0, 0.1) is 13.8 Å². The summed E-state index contributed by atoms with van der Waals surface area (Å²) in [6.45, 7) is 9.00. The van der Waals surface area contributed by atoms with Gasteiger partial charge in [-0.25, -0.2) is 13.2 Å². The fraction of sp³-hybridized carbons (Fsp3) is 0.600. The molecule has 1 fully saturated rings. The molecule has 8 nitrogen and oxygen atoms in total. The highest BCUT2D eigenvalue weighted by Crippen LogP contribution is 2.28. The standard InChI is InChI=1S/C20H31N3O5S/c1-6-17(19(24)21-10-12-22(13-11-21)20(25)28-7-2)23(29(5,26)27)18-14-15(3)8-9-16(18)4/h8-9,14,17H,6-7,10-13H2,1-5H3. The molecule has 0 spiro atoms. The smallest absolute Gasteiger partial charge is 0.409 e. The molecule has 0 radical (unpaired) electrons. The Morgan fingerprint density at radius 3 is 2.21 bits per heavy atom. The second-order valence-corrected chi connectivity index (χ2v) is 9.14. The largest absolute Gasteiger partial charge is 0.450 e. The van der Waals surface area contributed by atoms with Gasteiger partial charge in [-0.2, -0.15) is 0 Å². The van der Waals surface area contributed by atoms with Crippen molar-refractivity contribution in [2.75, 3.05) is 43.3 Å². The molecule has 1 saturated heterocycles. The van der Waals surface area contributed by atoms with Gasteiger partial charge < -0.3 is 14.5 Å². The average Bonchev–Trinajstić information content (AvgIpc) is 2.67. The number of benzene rings is 1. The van der Waals surface area contributed by atoms with E-state index >= 15 is 0 Å². The van der Waals surface area contributed by atoms with Gasteiger partial charge in [-0.1, -0.05) is 19.1 Å². The van der Waals surface area contributed by atoms with Crippen LogP contribution in [-0.2, 0) is 19.6 Å². The Balaban J connectivity index is 2.26. The molecule has 9 heteroatoms. The third kappa shape index (κ3) is 5.41. The molecule has 1 aromatic rings. The van der Waals surface area contributed by atoms with Crippen molar-refractivity contribution in [1.82, 2.24) is 9.80 Å². The second-order valence-electron chi connectivity index (χ2n) is 7.28. The Hall–Kier alpha value is -2.29. The number of rotatable bonds is 6. The molecular formula is C20H31N3O5S. The predicted octanol–water partition coefficient (Wildman–Crippen LogP) is 2.15. The molecule has 0 bridgehead atoms. The Kier molecular flexibility index (Phi) is 7.51. The zero-order valence-corrected chi connectivity index (χ0v) is 18.7. The molecule has 0 aliphatic carbocycles. The number of hydrogen-bond donors (Lipinski definition) is 0. The fourth-order valence-corrected chi connectivity index (χ4v) is 4.77. The van der Waals surface area contributed by atoms with Crippen molar-refractivity contribution in [2.24, 2.45) is 0 Å². The van der Waals surface area contributed by atoms with Crippen molar-refractivity contribution in [1.29, 1.82) is 0 Å². The highest BCUT2D eigenvalue weighted by molar-refractivity contribution is 7.92. The first kappa shape index (κ1) is 23.0. The lowest BCUT2D eigenvalue weighted by Crippen LogP contribution is -2.56. The van der Waals surface area contributed by atoms with Gasteiger partial charge in [-0.3, -0.25) is 9.10 Å². The van der Waals surface area contributed by atoms with Gasteiger partial charge in [0.05, 0.1) is 18.6 Å². The summed E-state index contributed by atoms with van der Waals surface area (Å²) in [5.41, 5.74) is 2.24. The number of ether oxygens (including phenoxy) is 1. The molecule has 1 aliphatic heterocycles. The summed E-state index contributed by atoms with van der Waals surface area (Å²) in [5.74, 6) is -0.248. The third-order valence-corrected chi connectivity index (χ3v) is 6.20. The molecular weight excluding hydrogens is 394 g/mol. The summed E-state index contributed by atoms with van der Waals surface area (Å²) in [7, 11) is -3.68. The van der Waals surface area contributed by atoms with Crippen LogP contribution in [0.1, 0.15) is 31.4 Å². The van der Waals surface area contributed by atoms with Gasteiger partial charge >= 0.3 is 6.09 Å². The van der Waals surface area contributed by atoms with Crippen LogP contribution in [0.3, 0.4) is 0 Å². The maximum atomic E-state index is 13.3. The number of carbonyl (C=O) groups is 2. The van der Waals surface area contributed by atoms with Crippen LogP contribution in [0.5, 0.6) is 0 Å². The fourth-order valence-electron chi connectivity index (χ4n) is 3.51. The molecule has 1 unspecified atom stereocenters. The first-order valence-electron chi connectivity index (χ1n) is 9.87. The van der Waals surface area contributed by atoms with Gasteiger partial charge in [0.25, 0.3) is 0 Å². The van der Waals surface area contributed by atoms with Crippen LogP contribution in [-0.4, -0.2) is 75.3 Å². The highest BCUT2D eigenvalue weighted by atomic mass is 32.2. The van der Waals surface area contributed by atoms with Crippen LogP contribution < -0.4 is 4.31 Å². The first-order chi connectivity index (χ1) is 13.6. The maximum absolute atomic E-state index is 13.3. The lowest BCUT2D eigenvalue weighted by Gasteiger charge is -2.38. The summed E-state index contributed by atoms with van der Waals surface area (Å²) in [5, 5.41) is 0. The van der Waals surface area contributed by atoms with Crippen molar-refractivity contribution in [2.45, 2.75) is 40.2 Å². The Morgan fingerprint density at radius 2 is 1.69 bits per heavy atom. The van der Waals surface area contributed by atoms with Crippen LogP contribution in [0.15, 0.2) is 18.2 Å². The minimum atomic E-state index is -3.68. The predicted molar refractivity (Wildman–Crippen MR) is 112 cm³/mol. The summed E-state index contributed by atoms with van der Waals surface area (Å²) < 4.78 is 31.6. The molecule has 0 saturated carbocycles. The second kappa shape index (κ2) is 9.47. The molecule has 1 atom stereocenters. The summed E-state index contributed by atoms with van der Waals surface area (Å²) in [4.78, 5) is 28.3. The van der Waals surface area contributed by atoms with E-state index in [0.29, 0.717) is 44.9 Å². The summed E-state index contributed by atoms with van der Waals surface area (Å²) in [6, 6.07) is 4.74. The zero-order valence-electron chi connectivity index (χ0n) is 17.8. The van der Waals surface area contributed by atoms with Gasteiger partial charge in [0.15, 0.2) is 0 Å². The van der Waals surface area contributed by atoms with Crippen molar-refractivity contribution in [3.8, 4) is 0 Å². The van der Waals surface area contributed by atoms with Gasteiger partial charge in [0.2, 0.25) is 15.9 Å². The number of nitrogens with zero attached hydrogens (tertiary/aromatic N) is 3. The number of amides is 2. The zero-order chi connectivity index (χ0) is 21.8. The van der Waals surface area contributed by atoms with E-state index in [4.69, 9.17) is 4.74 Å². The summed E-state index contributed by atoms with van der Waals surface area (Å²) in [6.07, 6.45) is 1.08. The van der Waals surface area contributed by atoms with E-state index in [-0.39, 0.29) is 12.0 Å². The van der Waals surface area contributed by atoms with Crippen molar-refractivity contribution in [3.63, 3.8) is 0 Å². The molecule has 1 aromatic carbocycles. The van der Waals surface area contributed by atoms with E-state index in [1.54, 1.807) is 29.7 Å². The number of aryl methyl sites for hydroxylation is 2. The number of piperazine rings is 1. The van der Waals surface area contributed by atoms with E-state index < -0.39 is 16.1 Å². The van der Waals surface area contributed by atoms with E-state index in [1.807, 2.05) is 26.0 Å². The SMILES string of the molecule is CCOC(=O)N1CCN(C(=O)C(CC)N(c2cc(C)ccc2C)S(C)(=O)=O)CC1. The quantitative estimate of drug-likeness (QED) is 0.697. The molecule has 29 heavy (non-hydrogen) atoms. The molecule has 1 aliphatic rings. The van der Waals surface area contributed by atoms with Crippen molar-refractivity contribution >= 4 is 27.7 Å². The van der Waals surface area contributed by atoms with E-state index in [9.17, 15) is 18.0 Å².